The third-order valence-corrected chi connectivity index (χ3v) is 3.96. The predicted molar refractivity (Wildman–Crippen MR) is 77.1 cm³/mol. The number of benzene rings is 1. The maximum atomic E-state index is 11.0. The van der Waals surface area contributed by atoms with Crippen LogP contribution in [0.25, 0.3) is 0 Å². The molecule has 3 N–H and O–H groups in total. The van der Waals surface area contributed by atoms with Gasteiger partial charge in [0.05, 0.1) is 6.04 Å². The third-order valence-electron chi connectivity index (χ3n) is 2.86. The van der Waals surface area contributed by atoms with Crippen LogP contribution in [0.1, 0.15) is 38.8 Å². The maximum absolute atomic E-state index is 11.0. The number of rotatable bonds is 5. The molecule has 0 spiro atoms. The largest absolute Gasteiger partial charge is 0.366 e. The van der Waals surface area contributed by atoms with Gasteiger partial charge in [0.15, 0.2) is 0 Å². The minimum absolute atomic E-state index is 0.217. The van der Waals surface area contributed by atoms with E-state index >= 15 is 0 Å². The normalized spacial score (nSPS) is 12.3. The summed E-state index contributed by atoms with van der Waals surface area (Å²) in [5, 5.41) is 4.50. The van der Waals surface area contributed by atoms with Gasteiger partial charge in [-0.3, -0.25) is 4.79 Å². The van der Waals surface area contributed by atoms with Crippen molar-refractivity contribution in [1.82, 2.24) is 10.3 Å². The van der Waals surface area contributed by atoms with Crippen LogP contribution in [0.15, 0.2) is 30.5 Å². The lowest BCUT2D eigenvalue weighted by Gasteiger charge is -2.11. The predicted octanol–water partition coefficient (Wildman–Crippen LogP) is 2.40. The van der Waals surface area contributed by atoms with E-state index in [9.17, 15) is 4.79 Å². The number of carbonyl (C=O) groups excluding carboxylic acids is 1. The van der Waals surface area contributed by atoms with Gasteiger partial charge in [0.25, 0.3) is 0 Å². The van der Waals surface area contributed by atoms with Crippen LogP contribution in [0.2, 0.25) is 0 Å². The highest BCUT2D eigenvalue weighted by molar-refractivity contribution is 7.11. The highest BCUT2D eigenvalue weighted by Gasteiger charge is 2.08. The van der Waals surface area contributed by atoms with E-state index < -0.39 is 5.91 Å². The molecular weight excluding hydrogens is 258 g/mol. The number of primary amides is 1. The lowest BCUT2D eigenvalue weighted by molar-refractivity contribution is 0.100. The van der Waals surface area contributed by atoms with E-state index in [1.165, 1.54) is 4.88 Å². The van der Waals surface area contributed by atoms with E-state index in [0.29, 0.717) is 5.56 Å². The zero-order chi connectivity index (χ0) is 13.8. The Hall–Kier alpha value is -1.72. The van der Waals surface area contributed by atoms with Crippen LogP contribution < -0.4 is 11.1 Å². The lowest BCUT2D eigenvalue weighted by atomic mass is 10.1. The molecule has 2 rings (SSSR count). The van der Waals surface area contributed by atoms with Gasteiger partial charge in [0, 0.05) is 23.2 Å². The van der Waals surface area contributed by atoms with E-state index in [0.717, 1.165) is 17.1 Å². The number of hydrogen-bond donors (Lipinski definition) is 2. The first kappa shape index (κ1) is 13.7. The number of nitrogens with zero attached hydrogens (tertiary/aromatic N) is 1. The maximum Gasteiger partial charge on any atom is 0.248 e. The van der Waals surface area contributed by atoms with Gasteiger partial charge >= 0.3 is 0 Å². The number of aryl methyl sites for hydroxylation is 1. The average molecular weight is 275 g/mol. The van der Waals surface area contributed by atoms with E-state index in [-0.39, 0.29) is 6.04 Å². The molecule has 1 amide bonds. The van der Waals surface area contributed by atoms with Gasteiger partial charge in [-0.15, -0.1) is 11.3 Å². The van der Waals surface area contributed by atoms with Crippen molar-refractivity contribution in [3.8, 4) is 0 Å². The van der Waals surface area contributed by atoms with Crippen LogP contribution in [0, 0.1) is 6.92 Å². The molecule has 100 valence electrons. The van der Waals surface area contributed by atoms with Gasteiger partial charge in [0.1, 0.15) is 5.01 Å². The topological polar surface area (TPSA) is 68.0 Å². The standard InChI is InChI=1S/C14H17N3OS/c1-9-7-17-14(19-9)10(2)16-8-11-3-5-12(6-4-11)13(15)18/h3-7,10,16H,8H2,1-2H3,(H2,15,18). The number of hydrogen-bond acceptors (Lipinski definition) is 4. The Bertz CT molecular complexity index is 562. The number of thiazole rings is 1. The van der Waals surface area contributed by atoms with Crippen LogP contribution in [-0.2, 0) is 6.54 Å². The summed E-state index contributed by atoms with van der Waals surface area (Å²) in [5.41, 5.74) is 6.85. The van der Waals surface area contributed by atoms with Crippen LogP contribution >= 0.6 is 11.3 Å². The number of nitrogens with two attached hydrogens (primary N) is 1. The molecule has 1 heterocycles. The molecule has 0 radical (unpaired) electrons. The Morgan fingerprint density at radius 2 is 2.11 bits per heavy atom. The Labute approximate surface area is 116 Å². The third kappa shape index (κ3) is 3.62. The minimum Gasteiger partial charge on any atom is -0.366 e. The molecule has 0 aliphatic carbocycles. The molecule has 0 saturated carbocycles. The average Bonchev–Trinajstić information content (AvgIpc) is 2.83. The SMILES string of the molecule is Cc1cnc(C(C)NCc2ccc(C(N)=O)cc2)s1. The second kappa shape index (κ2) is 5.95. The number of amides is 1. The molecule has 4 nitrogen and oxygen atoms in total. The monoisotopic (exact) mass is 275 g/mol. The molecule has 19 heavy (non-hydrogen) atoms. The molecule has 0 aliphatic heterocycles. The Morgan fingerprint density at radius 1 is 1.42 bits per heavy atom. The van der Waals surface area contributed by atoms with Crippen molar-refractivity contribution in [3.05, 3.63) is 51.5 Å². The highest BCUT2D eigenvalue weighted by Crippen LogP contribution is 2.19. The first-order valence-corrected chi connectivity index (χ1v) is 6.92. The highest BCUT2D eigenvalue weighted by atomic mass is 32.1. The fraction of sp³-hybridized carbons (Fsp3) is 0.286. The van der Waals surface area contributed by atoms with Crippen LogP contribution in [0.5, 0.6) is 0 Å². The van der Waals surface area contributed by atoms with Gasteiger partial charge in [-0.2, -0.15) is 0 Å². The molecule has 1 aromatic heterocycles. The van der Waals surface area contributed by atoms with E-state index in [4.69, 9.17) is 5.73 Å². The molecule has 5 heteroatoms. The summed E-state index contributed by atoms with van der Waals surface area (Å²) in [5.74, 6) is -0.397. The lowest BCUT2D eigenvalue weighted by Crippen LogP contribution is -2.18. The number of aromatic nitrogens is 1. The van der Waals surface area contributed by atoms with Crippen molar-refractivity contribution < 1.29 is 4.79 Å². The van der Waals surface area contributed by atoms with Crippen LogP contribution in [0.3, 0.4) is 0 Å². The Morgan fingerprint density at radius 3 is 2.63 bits per heavy atom. The molecule has 0 fully saturated rings. The van der Waals surface area contributed by atoms with E-state index in [1.807, 2.05) is 18.3 Å². The fourth-order valence-electron chi connectivity index (χ4n) is 1.72. The minimum atomic E-state index is -0.397. The summed E-state index contributed by atoms with van der Waals surface area (Å²) in [6, 6.07) is 7.53. The molecule has 1 atom stereocenters. The molecule has 0 aliphatic rings. The first-order chi connectivity index (χ1) is 9.06. The quantitative estimate of drug-likeness (QED) is 0.880. The summed E-state index contributed by atoms with van der Waals surface area (Å²) in [6.45, 7) is 4.88. The smallest absolute Gasteiger partial charge is 0.248 e. The van der Waals surface area contributed by atoms with Crippen LogP contribution in [0.4, 0.5) is 0 Å². The summed E-state index contributed by atoms with van der Waals surface area (Å²) in [6.07, 6.45) is 1.89. The van der Waals surface area contributed by atoms with Gasteiger partial charge in [-0.25, -0.2) is 4.98 Å². The van der Waals surface area contributed by atoms with Crippen molar-refractivity contribution in [2.24, 2.45) is 5.73 Å². The molecule has 1 unspecified atom stereocenters. The number of nitrogens with one attached hydrogen (secondary N) is 1. The van der Waals surface area contributed by atoms with Crippen molar-refractivity contribution in [3.63, 3.8) is 0 Å². The Kier molecular flexibility index (Phi) is 4.29. The van der Waals surface area contributed by atoms with E-state index in [1.54, 1.807) is 23.5 Å². The van der Waals surface area contributed by atoms with Crippen molar-refractivity contribution in [2.45, 2.75) is 26.4 Å². The van der Waals surface area contributed by atoms with Gasteiger partial charge in [-0.05, 0) is 31.5 Å². The Balaban J connectivity index is 1.93. The van der Waals surface area contributed by atoms with Crippen LogP contribution in [-0.4, -0.2) is 10.9 Å². The summed E-state index contributed by atoms with van der Waals surface area (Å²) in [7, 11) is 0. The summed E-state index contributed by atoms with van der Waals surface area (Å²) in [4.78, 5) is 16.5. The van der Waals surface area contributed by atoms with Gasteiger partial charge < -0.3 is 11.1 Å². The molecule has 0 saturated heterocycles. The molecule has 0 bridgehead atoms. The zero-order valence-electron chi connectivity index (χ0n) is 11.0. The van der Waals surface area contributed by atoms with Crippen molar-refractivity contribution in [1.29, 1.82) is 0 Å². The van der Waals surface area contributed by atoms with E-state index in [2.05, 4.69) is 24.1 Å². The van der Waals surface area contributed by atoms with Crippen molar-refractivity contribution >= 4 is 17.2 Å². The zero-order valence-corrected chi connectivity index (χ0v) is 11.8. The molecule has 1 aromatic carbocycles. The van der Waals surface area contributed by atoms with Gasteiger partial charge in [0.2, 0.25) is 5.91 Å². The summed E-state index contributed by atoms with van der Waals surface area (Å²) >= 11 is 1.70. The summed E-state index contributed by atoms with van der Waals surface area (Å²) < 4.78 is 0. The second-order valence-electron chi connectivity index (χ2n) is 4.47. The number of carbonyl (C=O) groups is 1. The van der Waals surface area contributed by atoms with Crippen molar-refractivity contribution in [2.75, 3.05) is 0 Å². The molecular formula is C14H17N3OS. The fourth-order valence-corrected chi connectivity index (χ4v) is 2.52. The molecule has 2 aromatic rings. The second-order valence-corrected chi connectivity index (χ2v) is 5.74. The van der Waals surface area contributed by atoms with Gasteiger partial charge in [-0.1, -0.05) is 12.1 Å². The first-order valence-electron chi connectivity index (χ1n) is 6.10.